The van der Waals surface area contributed by atoms with Crippen molar-refractivity contribution in [1.82, 2.24) is 5.32 Å². The summed E-state index contributed by atoms with van der Waals surface area (Å²) in [6.07, 6.45) is 0.674. The molecule has 1 amide bonds. The van der Waals surface area contributed by atoms with Crippen molar-refractivity contribution in [3.8, 4) is 11.5 Å². The Labute approximate surface area is 235 Å². The van der Waals surface area contributed by atoms with Crippen LogP contribution in [-0.4, -0.2) is 44.4 Å². The summed E-state index contributed by atoms with van der Waals surface area (Å²) in [6.45, 7) is 6.26. The lowest BCUT2D eigenvalue weighted by atomic mass is 9.77. The van der Waals surface area contributed by atoms with Crippen LogP contribution in [-0.2, 0) is 30.6 Å². The van der Waals surface area contributed by atoms with Crippen LogP contribution in [0.25, 0.3) is 0 Å². The van der Waals surface area contributed by atoms with E-state index in [1.807, 2.05) is 20.8 Å². The Morgan fingerprint density at radius 1 is 0.878 bits per heavy atom. The van der Waals surface area contributed by atoms with E-state index in [0.717, 1.165) is 12.1 Å². The van der Waals surface area contributed by atoms with Crippen molar-refractivity contribution in [1.29, 1.82) is 0 Å². The summed E-state index contributed by atoms with van der Waals surface area (Å²) in [5.41, 5.74) is 8.63. The summed E-state index contributed by atoms with van der Waals surface area (Å²) >= 11 is 0. The summed E-state index contributed by atoms with van der Waals surface area (Å²) in [5.74, 6) is -2.68. The Morgan fingerprint density at radius 2 is 1.37 bits per heavy atom. The molecule has 41 heavy (non-hydrogen) atoms. The first-order valence-corrected chi connectivity index (χ1v) is 15.2. The average molecular weight is 606 g/mol. The molecular formula is C26H27N3O10S2. The first-order chi connectivity index (χ1) is 19.2. The lowest BCUT2D eigenvalue weighted by Crippen LogP contribution is -2.34. The third-order valence-corrected chi connectivity index (χ3v) is 8.30. The molecule has 7 N–H and O–H groups in total. The van der Waals surface area contributed by atoms with Gasteiger partial charge in [0.2, 0.25) is 0 Å². The van der Waals surface area contributed by atoms with E-state index < -0.39 is 70.4 Å². The molecule has 13 nitrogen and oxygen atoms in total. The van der Waals surface area contributed by atoms with Gasteiger partial charge in [0, 0.05) is 28.8 Å². The number of hydrogen-bond donors (Lipinski definition) is 5. The smallest absolute Gasteiger partial charge is 0.340 e. The van der Waals surface area contributed by atoms with Crippen LogP contribution in [0.2, 0.25) is 0 Å². The number of hydrogen-bond acceptors (Lipinski definition) is 10. The van der Waals surface area contributed by atoms with Crippen molar-refractivity contribution in [2.45, 2.75) is 42.6 Å². The van der Waals surface area contributed by atoms with E-state index in [1.165, 1.54) is 30.3 Å². The zero-order valence-electron chi connectivity index (χ0n) is 22.1. The van der Waals surface area contributed by atoms with E-state index in [4.69, 9.17) is 20.9 Å². The fourth-order valence-corrected chi connectivity index (χ4v) is 6.35. The monoisotopic (exact) mass is 605 g/mol. The van der Waals surface area contributed by atoms with E-state index in [0.29, 0.717) is 13.0 Å². The molecule has 1 spiro atoms. The standard InChI is InChI=1S/C24H21N3O10S2.C2H6/c1-2-9-27-22(28)11-3-4-13-12(10-11)23(29)37-24(13)14-5-7-16(25)20(38(30,31)32)18(14)36-19-15(24)6-8-17(26)21(19)39(33,34)35;1-2/h3-8,10H,2,9,25-26H2,1H3,(H,27,28)(H,30,31,32)(H,33,34,35);1-2H3. The molecule has 2 aliphatic heterocycles. The number of esters is 1. The Balaban J connectivity index is 0.00000189. The maximum Gasteiger partial charge on any atom is 0.340 e. The molecule has 0 aromatic heterocycles. The third kappa shape index (κ3) is 4.65. The Bertz CT molecular complexity index is 1730. The maximum atomic E-state index is 13.3. The predicted octanol–water partition coefficient (Wildman–Crippen LogP) is 3.08. The molecule has 15 heteroatoms. The Morgan fingerprint density at radius 3 is 1.83 bits per heavy atom. The van der Waals surface area contributed by atoms with Crippen molar-refractivity contribution >= 4 is 43.5 Å². The number of carbonyl (C=O) groups excluding carboxylic acids is 2. The summed E-state index contributed by atoms with van der Waals surface area (Å²) in [6, 6.07) is 8.94. The van der Waals surface area contributed by atoms with Crippen LogP contribution in [0, 0.1) is 0 Å². The van der Waals surface area contributed by atoms with Crippen molar-refractivity contribution in [2.75, 3.05) is 18.0 Å². The van der Waals surface area contributed by atoms with E-state index in [-0.39, 0.29) is 27.8 Å². The van der Waals surface area contributed by atoms with Crippen LogP contribution in [0.4, 0.5) is 11.4 Å². The second-order valence-electron chi connectivity index (χ2n) is 8.86. The van der Waals surface area contributed by atoms with E-state index in [9.17, 15) is 35.5 Å². The molecule has 2 aliphatic rings. The molecule has 218 valence electrons. The van der Waals surface area contributed by atoms with Gasteiger partial charge in [0.05, 0.1) is 16.9 Å². The van der Waals surface area contributed by atoms with Crippen LogP contribution in [0.3, 0.4) is 0 Å². The maximum absolute atomic E-state index is 13.3. The fourth-order valence-electron chi connectivity index (χ4n) is 4.84. The van der Waals surface area contributed by atoms with Gasteiger partial charge in [-0.25, -0.2) is 4.79 Å². The van der Waals surface area contributed by atoms with Gasteiger partial charge in [-0.15, -0.1) is 0 Å². The first-order valence-electron chi connectivity index (χ1n) is 12.4. The van der Waals surface area contributed by atoms with E-state index in [1.54, 1.807) is 0 Å². The number of amides is 1. The van der Waals surface area contributed by atoms with Gasteiger partial charge in [-0.1, -0.05) is 26.8 Å². The van der Waals surface area contributed by atoms with Crippen LogP contribution in [0.15, 0.2) is 52.3 Å². The van der Waals surface area contributed by atoms with Crippen molar-refractivity contribution in [3.05, 3.63) is 70.3 Å². The molecule has 2 heterocycles. The van der Waals surface area contributed by atoms with Crippen molar-refractivity contribution < 1.29 is 45.0 Å². The molecule has 0 saturated heterocycles. The van der Waals surface area contributed by atoms with Gasteiger partial charge in [-0.3, -0.25) is 13.9 Å². The molecule has 0 radical (unpaired) electrons. The number of nitrogens with two attached hydrogens (primary N) is 2. The molecule has 5 rings (SSSR count). The van der Waals surface area contributed by atoms with Gasteiger partial charge in [0.25, 0.3) is 26.1 Å². The third-order valence-electron chi connectivity index (χ3n) is 6.43. The minimum atomic E-state index is -5.09. The minimum Gasteiger partial charge on any atom is -0.453 e. The number of nitrogen functional groups attached to an aromatic ring is 2. The average Bonchev–Trinajstić information content (AvgIpc) is 3.18. The molecule has 0 fully saturated rings. The number of nitrogens with one attached hydrogen (secondary N) is 1. The molecule has 0 aliphatic carbocycles. The normalized spacial score (nSPS) is 14.5. The quantitative estimate of drug-likeness (QED) is 0.161. The molecule has 0 atom stereocenters. The van der Waals surface area contributed by atoms with Crippen molar-refractivity contribution in [3.63, 3.8) is 0 Å². The zero-order chi connectivity index (χ0) is 30.5. The Hall–Kier alpha value is -4.18. The summed E-state index contributed by atoms with van der Waals surface area (Å²) in [4.78, 5) is 24.0. The van der Waals surface area contributed by atoms with Gasteiger partial charge in [-0.05, 0) is 42.8 Å². The number of anilines is 2. The molecule has 0 bridgehead atoms. The number of ether oxygens (including phenoxy) is 2. The molecule has 3 aromatic rings. The van der Waals surface area contributed by atoms with Crippen LogP contribution >= 0.6 is 0 Å². The highest BCUT2D eigenvalue weighted by atomic mass is 32.2. The number of rotatable bonds is 5. The van der Waals surface area contributed by atoms with Crippen LogP contribution in [0.5, 0.6) is 11.5 Å². The number of fused-ring (bicyclic) bond motifs is 6. The minimum absolute atomic E-state index is 0.0755. The molecular weight excluding hydrogens is 578 g/mol. The van der Waals surface area contributed by atoms with Crippen LogP contribution < -0.4 is 21.5 Å². The highest BCUT2D eigenvalue weighted by Gasteiger charge is 2.56. The predicted molar refractivity (Wildman–Crippen MR) is 147 cm³/mol. The number of benzene rings is 3. The van der Waals surface area contributed by atoms with Gasteiger partial charge < -0.3 is 26.3 Å². The van der Waals surface area contributed by atoms with Crippen LogP contribution in [0.1, 0.15) is 64.6 Å². The Kier molecular flexibility index (Phi) is 7.51. The summed E-state index contributed by atoms with van der Waals surface area (Å²) in [5, 5.41) is 2.69. The summed E-state index contributed by atoms with van der Waals surface area (Å²) < 4.78 is 80.9. The van der Waals surface area contributed by atoms with Gasteiger partial charge in [0.1, 0.15) is 0 Å². The highest BCUT2D eigenvalue weighted by Crippen LogP contribution is 2.59. The van der Waals surface area contributed by atoms with Gasteiger partial charge in [-0.2, -0.15) is 16.8 Å². The SMILES string of the molecule is CC.CCCNC(=O)c1ccc2c(c1)C(=O)OC21c2ccc(N)c(S(=O)(=O)O)c2Oc2c1ccc(N)c2S(=O)(=O)O. The lowest BCUT2D eigenvalue weighted by Gasteiger charge is -2.37. The molecule has 0 saturated carbocycles. The van der Waals surface area contributed by atoms with Gasteiger partial charge >= 0.3 is 5.97 Å². The zero-order valence-corrected chi connectivity index (χ0v) is 23.7. The molecule has 0 unspecified atom stereocenters. The summed E-state index contributed by atoms with van der Waals surface area (Å²) in [7, 11) is -10.2. The lowest BCUT2D eigenvalue weighted by molar-refractivity contribution is 0.0221. The van der Waals surface area contributed by atoms with Crippen molar-refractivity contribution in [2.24, 2.45) is 0 Å². The number of carbonyl (C=O) groups is 2. The molecule has 3 aromatic carbocycles. The van der Waals surface area contributed by atoms with E-state index in [2.05, 4.69) is 5.32 Å². The van der Waals surface area contributed by atoms with E-state index >= 15 is 0 Å². The second-order valence-corrected chi connectivity index (χ2v) is 11.6. The second kappa shape index (κ2) is 10.3. The highest BCUT2D eigenvalue weighted by molar-refractivity contribution is 7.86. The first kappa shape index (κ1) is 29.8. The van der Waals surface area contributed by atoms with Gasteiger partial charge in [0.15, 0.2) is 26.9 Å². The topological polar surface area (TPSA) is 225 Å². The largest absolute Gasteiger partial charge is 0.453 e. The fraction of sp³-hybridized carbons (Fsp3) is 0.231.